The van der Waals surface area contributed by atoms with Crippen molar-refractivity contribution in [3.05, 3.63) is 110 Å². The molecule has 0 spiro atoms. The molecule has 4 aromatic rings. The zero-order valence-electron chi connectivity index (χ0n) is 32.9. The van der Waals surface area contributed by atoms with Gasteiger partial charge in [-0.25, -0.2) is 38.4 Å². The Balaban J connectivity index is -0.000000226. The zero-order valence-corrected chi connectivity index (χ0v) is 39.8. The van der Waals surface area contributed by atoms with Gasteiger partial charge in [0.1, 0.15) is 32.1 Å². The number of nitrogens with two attached hydrogens (primary N) is 1. The van der Waals surface area contributed by atoms with Crippen LogP contribution >= 0.6 is 23.5 Å². The first-order valence-corrected chi connectivity index (χ1v) is 23.9. The molecule has 0 saturated carbocycles. The maximum Gasteiger partial charge on any atom is 1.00 e. The quantitative estimate of drug-likeness (QED) is 0.0311. The number of thioether (sulfide) groups is 2. The van der Waals surface area contributed by atoms with E-state index in [1.54, 1.807) is 31.2 Å². The van der Waals surface area contributed by atoms with Crippen molar-refractivity contribution in [2.45, 2.75) is 60.1 Å². The Labute approximate surface area is 391 Å². The summed E-state index contributed by atoms with van der Waals surface area (Å²) in [5, 5.41) is 28.1. The molecule has 0 aliphatic carbocycles. The van der Waals surface area contributed by atoms with Crippen LogP contribution in [0.1, 0.15) is 35.6 Å². The number of nitro groups is 2. The molecule has 0 saturated heterocycles. The molecule has 0 radical (unpaired) electrons. The van der Waals surface area contributed by atoms with Crippen LogP contribution in [0.15, 0.2) is 91.5 Å². The predicted octanol–water partition coefficient (Wildman–Crippen LogP) is 4.97. The normalized spacial score (nSPS) is 10.0. The number of nitro benzene ring substituents is 2. The van der Waals surface area contributed by atoms with Crippen LogP contribution in [0.25, 0.3) is 0 Å². The van der Waals surface area contributed by atoms with E-state index in [-0.39, 0.29) is 77.5 Å². The first-order valence-electron chi connectivity index (χ1n) is 15.7. The fourth-order valence-corrected chi connectivity index (χ4v) is 7.68. The number of hydrogen-bond donors (Lipinski definition) is 2. The summed E-state index contributed by atoms with van der Waals surface area (Å²) in [6.45, 7) is 4.07. The summed E-state index contributed by atoms with van der Waals surface area (Å²) in [5.74, 6) is -5.30. The van der Waals surface area contributed by atoms with Crippen LogP contribution in [0.2, 0.25) is 0 Å². The Hall–Kier alpha value is -3.01. The molecule has 340 valence electrons. The van der Waals surface area contributed by atoms with Crippen molar-refractivity contribution >= 4 is 82.7 Å². The fourth-order valence-electron chi connectivity index (χ4n) is 3.71. The Morgan fingerprint density at radius 3 is 1.25 bits per heavy atom. The summed E-state index contributed by atoms with van der Waals surface area (Å²) in [5.41, 5.74) is 4.43. The average molecular weight is 993 g/mol. The molecular weight excluding hydrogens is 944 g/mol. The number of aromatic nitrogens is 1. The van der Waals surface area contributed by atoms with Crippen molar-refractivity contribution in [3.8, 4) is 0 Å². The van der Waals surface area contributed by atoms with Crippen LogP contribution in [0.5, 0.6) is 0 Å². The molecule has 61 heavy (non-hydrogen) atoms. The van der Waals surface area contributed by atoms with Crippen molar-refractivity contribution in [3.63, 3.8) is 0 Å². The fraction of sp³-hybridized carbons (Fsp3) is 0.343. The molecule has 0 bridgehead atoms. The Morgan fingerprint density at radius 1 is 0.623 bits per heavy atom. The van der Waals surface area contributed by atoms with E-state index in [1.165, 1.54) is 38.6 Å². The minimum Gasteiger partial charge on any atom is -0.796 e. The van der Waals surface area contributed by atoms with Gasteiger partial charge in [0.25, 0.3) is 5.69 Å². The van der Waals surface area contributed by atoms with Gasteiger partial charge in [-0.3, -0.25) is 25.2 Å². The molecule has 0 aliphatic rings. The second-order valence-corrected chi connectivity index (χ2v) is 18.4. The largest absolute Gasteiger partial charge is 1.00 e. The van der Waals surface area contributed by atoms with Gasteiger partial charge >= 0.3 is 35.2 Å². The van der Waals surface area contributed by atoms with Gasteiger partial charge in [0.05, 0.1) is 32.0 Å². The minimum absolute atomic E-state index is 0. The monoisotopic (exact) mass is 992 g/mol. The molecule has 3 N–H and O–H groups in total. The Morgan fingerprint density at radius 2 is 0.951 bits per heavy atom. The summed E-state index contributed by atoms with van der Waals surface area (Å²) in [6.07, 6.45) is 8.38. The van der Waals surface area contributed by atoms with Crippen molar-refractivity contribution in [2.24, 2.45) is 0 Å². The second kappa shape index (κ2) is 32.6. The van der Waals surface area contributed by atoms with E-state index < -0.39 is 89.5 Å². The molecule has 0 unspecified atom stereocenters. The van der Waals surface area contributed by atoms with Gasteiger partial charge < -0.3 is 23.5 Å². The number of rotatable bonds is 10. The van der Waals surface area contributed by atoms with Crippen LogP contribution in [-0.4, -0.2) is 88.3 Å². The van der Waals surface area contributed by atoms with Crippen molar-refractivity contribution in [1.29, 1.82) is 0 Å². The molecule has 26 heteroatoms. The van der Waals surface area contributed by atoms with E-state index in [0.717, 1.165) is 37.1 Å². The van der Waals surface area contributed by atoms with Gasteiger partial charge in [-0.05, 0) is 42.8 Å². The molecule has 0 atom stereocenters. The minimum atomic E-state index is -3.95. The SMILES string of the molecule is C.C.CCS(=O)(=O)c1cc(N)c(SC)cc1F.CCS(=O)(=O)c1cc([N+](=O)[O-])c(F)cc1F.CCS(=O)(=O)c1cc([N+](=O)[O-])c(SC)cc1F.CO.C[S-].[Na+].c1ccncc1. The van der Waals surface area contributed by atoms with Crippen LogP contribution < -0.4 is 35.3 Å². The van der Waals surface area contributed by atoms with Gasteiger partial charge in [0.15, 0.2) is 29.5 Å². The number of hydrogen-bond acceptors (Lipinski definition) is 16. The number of halogens is 4. The number of pyridine rings is 1. The summed E-state index contributed by atoms with van der Waals surface area (Å²) in [7, 11) is -10.3. The molecule has 0 fully saturated rings. The first-order chi connectivity index (χ1) is 27.0. The van der Waals surface area contributed by atoms with Crippen molar-refractivity contribution < 1.29 is 87.3 Å². The van der Waals surface area contributed by atoms with Gasteiger partial charge in [-0.1, -0.05) is 41.7 Å². The van der Waals surface area contributed by atoms with Gasteiger partial charge in [0.2, 0.25) is 5.82 Å². The standard InChI is InChI=1S/C9H10FNO4S2.C9H12FNO2S2.C8H7F2NO4S.C5H5N.CH4O.CH4S.2CH4.Na/c1-3-17(14,15)9-5-7(11(12)13)8(16-2)4-6(9)10;1-3-15(12,13)9-5-7(11)8(14-2)4-6(9)10;1-2-16(14,15)8-4-7(11(12)13)5(9)3-6(8)10;1-2-4-6-5-3-1;2*1-2;;;/h4-5H,3H2,1-2H3;4-5H,3,11H2,1-2H3;3-4H,2H2,1H3;1-5H;2*2H,1H3;2*1H4;/q;;;;;;;;+1/p-1. The molecule has 1 heterocycles. The van der Waals surface area contributed by atoms with Gasteiger partial charge in [-0.15, -0.1) is 23.5 Å². The third kappa shape index (κ3) is 21.3. The van der Waals surface area contributed by atoms with E-state index in [1.807, 2.05) is 18.2 Å². The van der Waals surface area contributed by atoms with Crippen molar-refractivity contribution in [1.82, 2.24) is 4.98 Å². The van der Waals surface area contributed by atoms with Gasteiger partial charge in [-0.2, -0.15) is 10.6 Å². The molecule has 0 amide bonds. The Bertz CT molecular complexity index is 2280. The molecule has 1 aromatic heterocycles. The molecule has 15 nitrogen and oxygen atoms in total. The maximum absolute atomic E-state index is 13.5. The van der Waals surface area contributed by atoms with Crippen molar-refractivity contribution in [2.75, 3.05) is 48.9 Å². The summed E-state index contributed by atoms with van der Waals surface area (Å²) in [6, 6.07) is 10.3. The number of sulfone groups is 3. The molecule has 3 aromatic carbocycles. The van der Waals surface area contributed by atoms with E-state index in [4.69, 9.17) is 10.8 Å². The molecular formula is C35H49F4N4NaO11S6. The van der Waals surface area contributed by atoms with E-state index in [9.17, 15) is 63.0 Å². The van der Waals surface area contributed by atoms with Gasteiger partial charge in [0, 0.05) is 48.3 Å². The van der Waals surface area contributed by atoms with Crippen LogP contribution in [0, 0.1) is 43.5 Å². The third-order valence-corrected chi connectivity index (χ3v) is 13.4. The zero-order chi connectivity index (χ0) is 45.6. The van der Waals surface area contributed by atoms with E-state index in [2.05, 4.69) is 17.6 Å². The first kappa shape index (κ1) is 67.1. The maximum atomic E-state index is 13.5. The summed E-state index contributed by atoms with van der Waals surface area (Å²) >= 11 is 6.35. The predicted molar refractivity (Wildman–Crippen MR) is 233 cm³/mol. The summed E-state index contributed by atoms with van der Waals surface area (Å²) in [4.78, 5) is 21.9. The smallest absolute Gasteiger partial charge is 0.796 e. The topological polar surface area (TPSA) is 248 Å². The third-order valence-electron chi connectivity index (χ3n) is 6.62. The number of nitrogen functional groups attached to an aromatic ring is 1. The van der Waals surface area contributed by atoms with Crippen LogP contribution in [0.3, 0.4) is 0 Å². The number of aliphatic hydroxyl groups is 1. The van der Waals surface area contributed by atoms with E-state index >= 15 is 0 Å². The molecule has 0 aliphatic heterocycles. The number of aliphatic hydroxyl groups excluding tert-OH is 1. The van der Waals surface area contributed by atoms with E-state index in [0.29, 0.717) is 11.0 Å². The number of nitrogens with zero attached hydrogens (tertiary/aromatic N) is 3. The number of benzene rings is 3. The number of anilines is 1. The molecule has 4 rings (SSSR count). The van der Waals surface area contributed by atoms with Crippen LogP contribution in [0.4, 0.5) is 34.6 Å². The van der Waals surface area contributed by atoms with Crippen LogP contribution in [-0.2, 0) is 42.1 Å². The Kier molecular flexibility index (Phi) is 35.9. The average Bonchev–Trinajstić information content (AvgIpc) is 3.20. The summed E-state index contributed by atoms with van der Waals surface area (Å²) < 4.78 is 122. The second-order valence-electron chi connectivity index (χ2n) is 9.96.